The zero-order chi connectivity index (χ0) is 11.5. The Morgan fingerprint density at radius 1 is 1.73 bits per heavy atom. The zero-order valence-corrected chi connectivity index (χ0v) is 9.46. The van der Waals surface area contributed by atoms with Crippen LogP contribution in [0.3, 0.4) is 0 Å². The molecule has 0 bridgehead atoms. The van der Waals surface area contributed by atoms with Crippen LogP contribution in [0.1, 0.15) is 26.0 Å². The van der Waals surface area contributed by atoms with Crippen molar-refractivity contribution in [2.75, 3.05) is 12.4 Å². The van der Waals surface area contributed by atoms with E-state index in [1.165, 1.54) is 7.11 Å². The van der Waals surface area contributed by atoms with Crippen LogP contribution in [0.15, 0.2) is 10.6 Å². The number of hydrogen-bond acceptors (Lipinski definition) is 4. The van der Waals surface area contributed by atoms with Crippen molar-refractivity contribution in [1.82, 2.24) is 5.16 Å². The molecule has 0 radical (unpaired) electrons. The van der Waals surface area contributed by atoms with Crippen molar-refractivity contribution in [3.05, 3.63) is 11.8 Å². The van der Waals surface area contributed by atoms with Crippen molar-refractivity contribution in [3.63, 3.8) is 0 Å². The second-order valence-corrected chi connectivity index (χ2v) is 3.57. The smallest absolute Gasteiger partial charge is 0.257 e. The quantitative estimate of drug-likeness (QED) is 0.825. The molecule has 0 aliphatic heterocycles. The molecule has 1 amide bonds. The van der Waals surface area contributed by atoms with Gasteiger partial charge in [-0.1, -0.05) is 12.1 Å². The predicted octanol–water partition coefficient (Wildman–Crippen LogP) is 1.74. The third-order valence-electron chi connectivity index (χ3n) is 2.48. The number of amides is 1. The first-order valence-corrected chi connectivity index (χ1v) is 4.81. The van der Waals surface area contributed by atoms with E-state index >= 15 is 0 Å². The van der Waals surface area contributed by atoms with Crippen LogP contribution in [0.5, 0.6) is 0 Å². The molecule has 84 valence electrons. The molecule has 0 spiro atoms. The lowest BCUT2D eigenvalue weighted by atomic mass is 10.0. The normalized spacial score (nSPS) is 14.7. The molecule has 1 N–H and O–H groups in total. The second kappa shape index (κ2) is 4.44. The minimum atomic E-state index is -0.827. The highest BCUT2D eigenvalue weighted by Gasteiger charge is 2.31. The highest BCUT2D eigenvalue weighted by atomic mass is 16.5. The largest absolute Gasteiger partial charge is 0.369 e. The van der Waals surface area contributed by atoms with E-state index in [2.05, 4.69) is 10.5 Å². The summed E-state index contributed by atoms with van der Waals surface area (Å²) in [5, 5.41) is 6.31. The second-order valence-electron chi connectivity index (χ2n) is 3.57. The maximum Gasteiger partial charge on any atom is 0.257 e. The Morgan fingerprint density at radius 3 is 2.80 bits per heavy atom. The van der Waals surface area contributed by atoms with Crippen LogP contribution in [-0.4, -0.2) is 23.8 Å². The van der Waals surface area contributed by atoms with E-state index < -0.39 is 5.60 Å². The highest BCUT2D eigenvalue weighted by Crippen LogP contribution is 2.17. The highest BCUT2D eigenvalue weighted by molar-refractivity contribution is 5.96. The summed E-state index contributed by atoms with van der Waals surface area (Å²) in [5.41, 5.74) is -0.827. The third-order valence-corrected chi connectivity index (χ3v) is 2.48. The van der Waals surface area contributed by atoms with Crippen LogP contribution >= 0.6 is 0 Å². The fraction of sp³-hybridized carbons (Fsp3) is 0.600. The molecule has 0 fully saturated rings. The van der Waals surface area contributed by atoms with Gasteiger partial charge in [0.2, 0.25) is 0 Å². The minimum absolute atomic E-state index is 0.221. The summed E-state index contributed by atoms with van der Waals surface area (Å²) in [6.45, 7) is 5.38. The lowest BCUT2D eigenvalue weighted by molar-refractivity contribution is -0.136. The summed E-state index contributed by atoms with van der Waals surface area (Å²) in [6, 6.07) is 1.66. The Kier molecular flexibility index (Phi) is 3.47. The van der Waals surface area contributed by atoms with Crippen LogP contribution in [0.2, 0.25) is 0 Å². The Hall–Kier alpha value is -1.36. The number of nitrogens with one attached hydrogen (secondary N) is 1. The maximum absolute atomic E-state index is 11.8. The van der Waals surface area contributed by atoms with E-state index in [9.17, 15) is 4.79 Å². The van der Waals surface area contributed by atoms with Crippen molar-refractivity contribution in [1.29, 1.82) is 0 Å². The number of carbonyl (C=O) groups is 1. The molecule has 0 aliphatic rings. The van der Waals surface area contributed by atoms with Crippen molar-refractivity contribution >= 4 is 11.7 Å². The number of nitrogens with zero attached hydrogens (tertiary/aromatic N) is 1. The molecule has 1 aromatic heterocycles. The van der Waals surface area contributed by atoms with E-state index in [0.717, 1.165) is 0 Å². The van der Waals surface area contributed by atoms with Crippen LogP contribution in [0.25, 0.3) is 0 Å². The van der Waals surface area contributed by atoms with Gasteiger partial charge in [-0.25, -0.2) is 0 Å². The molecule has 1 unspecified atom stereocenters. The monoisotopic (exact) mass is 212 g/mol. The Labute approximate surface area is 88.8 Å². The van der Waals surface area contributed by atoms with Crippen LogP contribution in [0.4, 0.5) is 5.82 Å². The third kappa shape index (κ3) is 2.56. The van der Waals surface area contributed by atoms with E-state index in [1.807, 2.05) is 6.92 Å². The average Bonchev–Trinajstić information content (AvgIpc) is 2.62. The lowest BCUT2D eigenvalue weighted by Crippen LogP contribution is -2.41. The molecule has 0 aromatic carbocycles. The number of hydrogen-bond donors (Lipinski definition) is 1. The molecule has 1 aromatic rings. The summed E-state index contributed by atoms with van der Waals surface area (Å²) in [4.78, 5) is 11.8. The first kappa shape index (κ1) is 11.7. The van der Waals surface area contributed by atoms with Crippen LogP contribution in [0, 0.1) is 6.92 Å². The van der Waals surface area contributed by atoms with Gasteiger partial charge >= 0.3 is 0 Å². The minimum Gasteiger partial charge on any atom is -0.369 e. The number of aryl methyl sites for hydroxylation is 1. The van der Waals surface area contributed by atoms with E-state index in [-0.39, 0.29) is 5.91 Å². The predicted molar refractivity (Wildman–Crippen MR) is 55.6 cm³/mol. The molecule has 0 aliphatic carbocycles. The SMILES string of the molecule is CCC(C)(OC)C(=O)Nc1cc(C)on1. The summed E-state index contributed by atoms with van der Waals surface area (Å²) >= 11 is 0. The summed E-state index contributed by atoms with van der Waals surface area (Å²) in [5.74, 6) is 0.843. The standard InChI is InChI=1S/C10H16N2O3/c1-5-10(3,14-4)9(13)11-8-6-7(2)15-12-8/h6H,5H2,1-4H3,(H,11,12,13). The van der Waals surface area contributed by atoms with Gasteiger partial charge in [-0.05, 0) is 20.3 Å². The lowest BCUT2D eigenvalue weighted by Gasteiger charge is -2.24. The van der Waals surface area contributed by atoms with Crippen molar-refractivity contribution < 1.29 is 14.1 Å². The maximum atomic E-state index is 11.8. The number of methoxy groups -OCH3 is 1. The topological polar surface area (TPSA) is 64.4 Å². The van der Waals surface area contributed by atoms with Gasteiger partial charge in [0.25, 0.3) is 5.91 Å². The van der Waals surface area contributed by atoms with Crippen molar-refractivity contribution in [3.8, 4) is 0 Å². The van der Waals surface area contributed by atoms with Gasteiger partial charge in [-0.15, -0.1) is 0 Å². The molecule has 1 rings (SSSR count). The zero-order valence-electron chi connectivity index (χ0n) is 9.46. The molecule has 5 heteroatoms. The molecule has 0 saturated heterocycles. The van der Waals surface area contributed by atoms with Crippen molar-refractivity contribution in [2.45, 2.75) is 32.8 Å². The molecular weight excluding hydrogens is 196 g/mol. The van der Waals surface area contributed by atoms with Gasteiger partial charge in [0.05, 0.1) is 0 Å². The van der Waals surface area contributed by atoms with E-state index in [4.69, 9.17) is 9.26 Å². The Bertz CT molecular complexity index is 342. The molecule has 1 heterocycles. The fourth-order valence-electron chi connectivity index (χ4n) is 1.07. The van der Waals surface area contributed by atoms with Crippen molar-refractivity contribution in [2.24, 2.45) is 0 Å². The fourth-order valence-corrected chi connectivity index (χ4v) is 1.07. The number of anilines is 1. The Morgan fingerprint density at radius 2 is 2.40 bits per heavy atom. The summed E-state index contributed by atoms with van der Waals surface area (Å²) in [6.07, 6.45) is 0.589. The molecular formula is C10H16N2O3. The van der Waals surface area contributed by atoms with Gasteiger partial charge < -0.3 is 14.6 Å². The number of rotatable bonds is 4. The van der Waals surface area contributed by atoms with Crippen LogP contribution in [-0.2, 0) is 9.53 Å². The van der Waals surface area contributed by atoms with E-state index in [1.54, 1.807) is 19.9 Å². The molecule has 15 heavy (non-hydrogen) atoms. The van der Waals surface area contributed by atoms with Gasteiger partial charge in [-0.2, -0.15) is 0 Å². The molecule has 5 nitrogen and oxygen atoms in total. The van der Waals surface area contributed by atoms with Gasteiger partial charge in [0.15, 0.2) is 5.82 Å². The summed E-state index contributed by atoms with van der Waals surface area (Å²) < 4.78 is 10.00. The van der Waals surface area contributed by atoms with E-state index in [0.29, 0.717) is 18.0 Å². The van der Waals surface area contributed by atoms with Gasteiger partial charge in [0.1, 0.15) is 11.4 Å². The number of ether oxygens (including phenoxy) is 1. The first-order chi connectivity index (χ1) is 7.01. The number of aromatic nitrogens is 1. The average molecular weight is 212 g/mol. The van der Waals surface area contributed by atoms with Crippen LogP contribution < -0.4 is 5.32 Å². The molecule has 0 saturated carbocycles. The molecule has 1 atom stereocenters. The summed E-state index contributed by atoms with van der Waals surface area (Å²) in [7, 11) is 1.51. The van der Waals surface area contributed by atoms with Gasteiger partial charge in [0, 0.05) is 13.2 Å². The Balaban J connectivity index is 2.70. The number of carbonyl (C=O) groups excluding carboxylic acids is 1. The first-order valence-electron chi connectivity index (χ1n) is 4.81. The van der Waals surface area contributed by atoms with Gasteiger partial charge in [-0.3, -0.25) is 4.79 Å².